The van der Waals surface area contributed by atoms with Crippen molar-refractivity contribution in [2.24, 2.45) is 5.92 Å². The number of carbonyl (C=O) groups is 2. The molecule has 0 spiro atoms. The van der Waals surface area contributed by atoms with Gasteiger partial charge in [0.25, 0.3) is 0 Å². The van der Waals surface area contributed by atoms with E-state index in [2.05, 4.69) is 20.8 Å². The van der Waals surface area contributed by atoms with E-state index in [0.717, 1.165) is 12.8 Å². The first-order chi connectivity index (χ1) is 10.8. The van der Waals surface area contributed by atoms with E-state index >= 15 is 0 Å². The normalized spacial score (nSPS) is 18.4. The highest BCUT2D eigenvalue weighted by atomic mass is 32.1. The molecule has 1 aliphatic heterocycles. The molecular weight excluding hydrogens is 318 g/mol. The zero-order valence-electron chi connectivity index (χ0n) is 13.7. The van der Waals surface area contributed by atoms with Crippen LogP contribution in [-0.2, 0) is 4.74 Å². The Labute approximate surface area is 139 Å². The molecule has 0 radical (unpaired) electrons. The number of aromatic nitrogens is 2. The SMILES string of the molecule is CC(C)(C)OC(=O)NCC1CCCN(C(=O)Nc2nncs2)C1. The van der Waals surface area contributed by atoms with Gasteiger partial charge in [0.15, 0.2) is 0 Å². The Morgan fingerprint density at radius 1 is 1.48 bits per heavy atom. The summed E-state index contributed by atoms with van der Waals surface area (Å²) in [5.41, 5.74) is 1.06. The Morgan fingerprint density at radius 3 is 2.91 bits per heavy atom. The van der Waals surface area contributed by atoms with Crippen LogP contribution in [0.5, 0.6) is 0 Å². The molecule has 23 heavy (non-hydrogen) atoms. The molecular formula is C14H23N5O3S. The first kappa shape index (κ1) is 17.5. The smallest absolute Gasteiger partial charge is 0.407 e. The molecule has 1 saturated heterocycles. The van der Waals surface area contributed by atoms with Crippen LogP contribution in [-0.4, -0.2) is 52.5 Å². The number of piperidine rings is 1. The van der Waals surface area contributed by atoms with Crippen molar-refractivity contribution in [2.45, 2.75) is 39.2 Å². The lowest BCUT2D eigenvalue weighted by molar-refractivity contribution is 0.0512. The van der Waals surface area contributed by atoms with Crippen molar-refractivity contribution in [1.29, 1.82) is 0 Å². The quantitative estimate of drug-likeness (QED) is 0.879. The Hall–Kier alpha value is -1.90. The molecule has 1 aliphatic rings. The van der Waals surface area contributed by atoms with Crippen molar-refractivity contribution in [3.63, 3.8) is 0 Å². The number of hydrogen-bond acceptors (Lipinski definition) is 6. The molecule has 128 valence electrons. The predicted molar refractivity (Wildman–Crippen MR) is 87.5 cm³/mol. The third kappa shape index (κ3) is 6.01. The first-order valence-corrected chi connectivity index (χ1v) is 8.50. The minimum absolute atomic E-state index is 0.177. The number of hydrogen-bond donors (Lipinski definition) is 2. The van der Waals surface area contributed by atoms with Gasteiger partial charge in [0.2, 0.25) is 5.13 Å². The first-order valence-electron chi connectivity index (χ1n) is 7.62. The van der Waals surface area contributed by atoms with E-state index < -0.39 is 11.7 Å². The minimum Gasteiger partial charge on any atom is -0.444 e. The molecule has 1 atom stereocenters. The summed E-state index contributed by atoms with van der Waals surface area (Å²) in [6.45, 7) is 7.28. The van der Waals surface area contributed by atoms with Crippen LogP contribution in [0.25, 0.3) is 0 Å². The molecule has 2 rings (SSSR count). The summed E-state index contributed by atoms with van der Waals surface area (Å²) < 4.78 is 5.22. The lowest BCUT2D eigenvalue weighted by atomic mass is 9.98. The summed E-state index contributed by atoms with van der Waals surface area (Å²) in [5.74, 6) is 0.219. The minimum atomic E-state index is -0.510. The Bertz CT molecular complexity index is 529. The lowest BCUT2D eigenvalue weighted by Crippen LogP contribution is -2.45. The van der Waals surface area contributed by atoms with E-state index in [9.17, 15) is 9.59 Å². The monoisotopic (exact) mass is 341 g/mol. The average Bonchev–Trinajstić information content (AvgIpc) is 2.96. The van der Waals surface area contributed by atoms with Gasteiger partial charge in [0.1, 0.15) is 11.1 Å². The molecule has 9 heteroatoms. The standard InChI is InChI=1S/C14H23N5O3S/c1-14(2,3)22-13(21)15-7-10-5-4-6-19(8-10)12(20)17-11-18-16-9-23-11/h9-10H,4-8H2,1-3H3,(H,15,21)(H,17,18,20). The highest BCUT2D eigenvalue weighted by molar-refractivity contribution is 7.13. The molecule has 1 unspecified atom stereocenters. The fourth-order valence-electron chi connectivity index (χ4n) is 2.36. The summed E-state index contributed by atoms with van der Waals surface area (Å²) in [6.07, 6.45) is 1.45. The van der Waals surface area contributed by atoms with E-state index in [-0.39, 0.29) is 11.9 Å². The van der Waals surface area contributed by atoms with E-state index in [4.69, 9.17) is 4.74 Å². The summed E-state index contributed by atoms with van der Waals surface area (Å²) >= 11 is 1.28. The largest absolute Gasteiger partial charge is 0.444 e. The molecule has 0 bridgehead atoms. The molecule has 8 nitrogen and oxygen atoms in total. The number of nitrogens with zero attached hydrogens (tertiary/aromatic N) is 3. The van der Waals surface area contributed by atoms with Gasteiger partial charge in [0, 0.05) is 19.6 Å². The number of rotatable bonds is 3. The van der Waals surface area contributed by atoms with Gasteiger partial charge in [-0.25, -0.2) is 9.59 Å². The van der Waals surface area contributed by atoms with Crippen molar-refractivity contribution in [1.82, 2.24) is 20.4 Å². The number of anilines is 1. The third-order valence-electron chi connectivity index (χ3n) is 3.31. The number of ether oxygens (including phenoxy) is 1. The van der Waals surface area contributed by atoms with Crippen LogP contribution in [0.4, 0.5) is 14.7 Å². The lowest BCUT2D eigenvalue weighted by Gasteiger charge is -2.32. The number of nitrogens with one attached hydrogen (secondary N) is 2. The van der Waals surface area contributed by atoms with Gasteiger partial charge in [0.05, 0.1) is 0 Å². The van der Waals surface area contributed by atoms with Gasteiger partial charge in [-0.1, -0.05) is 11.3 Å². The van der Waals surface area contributed by atoms with Crippen LogP contribution < -0.4 is 10.6 Å². The maximum atomic E-state index is 12.2. The molecule has 0 saturated carbocycles. The number of carbonyl (C=O) groups excluding carboxylic acids is 2. The van der Waals surface area contributed by atoms with Crippen LogP contribution in [0.3, 0.4) is 0 Å². The Morgan fingerprint density at radius 2 is 2.26 bits per heavy atom. The second-order valence-electron chi connectivity index (χ2n) is 6.51. The van der Waals surface area contributed by atoms with Crippen molar-refractivity contribution >= 4 is 28.6 Å². The second kappa shape index (κ2) is 7.58. The molecule has 1 aromatic heterocycles. The fourth-order valence-corrected chi connectivity index (χ4v) is 2.79. The van der Waals surface area contributed by atoms with Gasteiger partial charge in [-0.3, -0.25) is 5.32 Å². The third-order valence-corrected chi connectivity index (χ3v) is 3.92. The molecule has 3 amide bonds. The Kier molecular flexibility index (Phi) is 5.75. The van der Waals surface area contributed by atoms with Gasteiger partial charge < -0.3 is 15.0 Å². The molecule has 1 aromatic rings. The molecule has 2 N–H and O–H groups in total. The van der Waals surface area contributed by atoms with Crippen LogP contribution in [0, 0.1) is 5.92 Å². The van der Waals surface area contributed by atoms with Gasteiger partial charge >= 0.3 is 12.1 Å². The van der Waals surface area contributed by atoms with E-state index in [1.54, 1.807) is 10.4 Å². The number of alkyl carbamates (subject to hydrolysis) is 1. The highest BCUT2D eigenvalue weighted by Crippen LogP contribution is 2.18. The van der Waals surface area contributed by atoms with E-state index in [1.807, 2.05) is 20.8 Å². The van der Waals surface area contributed by atoms with Crippen molar-refractivity contribution in [2.75, 3.05) is 25.0 Å². The van der Waals surface area contributed by atoms with Crippen LogP contribution >= 0.6 is 11.3 Å². The molecule has 2 heterocycles. The zero-order chi connectivity index (χ0) is 16.9. The Balaban J connectivity index is 1.77. The van der Waals surface area contributed by atoms with Gasteiger partial charge in [-0.05, 0) is 39.5 Å². The van der Waals surface area contributed by atoms with Crippen LogP contribution in [0.1, 0.15) is 33.6 Å². The summed E-state index contributed by atoms with van der Waals surface area (Å²) in [5, 5.41) is 13.5. The summed E-state index contributed by atoms with van der Waals surface area (Å²) in [6, 6.07) is -0.177. The summed E-state index contributed by atoms with van der Waals surface area (Å²) in [4.78, 5) is 25.6. The summed E-state index contributed by atoms with van der Waals surface area (Å²) in [7, 11) is 0. The number of urea groups is 1. The van der Waals surface area contributed by atoms with Crippen molar-refractivity contribution in [3.05, 3.63) is 5.51 Å². The second-order valence-corrected chi connectivity index (χ2v) is 7.34. The number of amides is 3. The molecule has 0 aromatic carbocycles. The molecule has 0 aliphatic carbocycles. The van der Waals surface area contributed by atoms with Crippen molar-refractivity contribution in [3.8, 4) is 0 Å². The highest BCUT2D eigenvalue weighted by Gasteiger charge is 2.25. The average molecular weight is 341 g/mol. The van der Waals surface area contributed by atoms with Gasteiger partial charge in [-0.2, -0.15) is 0 Å². The fraction of sp³-hybridized carbons (Fsp3) is 0.714. The van der Waals surface area contributed by atoms with Crippen molar-refractivity contribution < 1.29 is 14.3 Å². The predicted octanol–water partition coefficient (Wildman–Crippen LogP) is 2.31. The maximum absolute atomic E-state index is 12.2. The zero-order valence-corrected chi connectivity index (χ0v) is 14.5. The topological polar surface area (TPSA) is 96.5 Å². The number of likely N-dealkylation sites (tertiary alicyclic amines) is 1. The van der Waals surface area contributed by atoms with Crippen LogP contribution in [0.15, 0.2) is 5.51 Å². The van der Waals surface area contributed by atoms with Gasteiger partial charge in [-0.15, -0.1) is 10.2 Å². The maximum Gasteiger partial charge on any atom is 0.407 e. The van der Waals surface area contributed by atoms with E-state index in [1.165, 1.54) is 11.3 Å². The van der Waals surface area contributed by atoms with Crippen LogP contribution in [0.2, 0.25) is 0 Å². The van der Waals surface area contributed by atoms with E-state index in [0.29, 0.717) is 24.8 Å². The molecule has 1 fully saturated rings.